The van der Waals surface area contributed by atoms with Crippen LogP contribution < -0.4 is 0 Å². The van der Waals surface area contributed by atoms with Gasteiger partial charge in [-0.1, -0.05) is 81.2 Å². The fourth-order valence-corrected chi connectivity index (χ4v) is 4.45. The van der Waals surface area contributed by atoms with Gasteiger partial charge in [-0.3, -0.25) is 0 Å². The SMILES string of the molecule is C=C1C=C/C(c2ccc3c(c2)C(C)(C)c2cc(I)ccc2-3)=C\C/C=C\C=C/1. The van der Waals surface area contributed by atoms with E-state index in [-0.39, 0.29) is 5.41 Å². The van der Waals surface area contributed by atoms with Gasteiger partial charge in [-0.25, -0.2) is 0 Å². The summed E-state index contributed by atoms with van der Waals surface area (Å²) in [5, 5.41) is 0. The van der Waals surface area contributed by atoms with Crippen LogP contribution in [0.15, 0.2) is 91.1 Å². The van der Waals surface area contributed by atoms with E-state index in [2.05, 4.69) is 110 Å². The molecule has 134 valence electrons. The maximum Gasteiger partial charge on any atom is 0.0159 e. The smallest absolute Gasteiger partial charge is 0.0159 e. The Balaban J connectivity index is 1.80. The fraction of sp³-hybridized carbons (Fsp3) is 0.154. The van der Waals surface area contributed by atoms with Crippen LogP contribution in [-0.4, -0.2) is 0 Å². The van der Waals surface area contributed by atoms with Crippen molar-refractivity contribution in [3.8, 4) is 11.1 Å². The maximum atomic E-state index is 4.10. The summed E-state index contributed by atoms with van der Waals surface area (Å²) in [6.45, 7) is 8.77. The second-order valence-electron chi connectivity index (χ2n) is 7.67. The third-order valence-corrected chi connectivity index (χ3v) is 6.15. The number of allylic oxidation sites excluding steroid dienone is 9. The summed E-state index contributed by atoms with van der Waals surface area (Å²) < 4.78 is 1.30. The molecular weight excluding hydrogens is 439 g/mol. The zero-order chi connectivity index (χ0) is 19.0. The second-order valence-corrected chi connectivity index (χ2v) is 8.91. The molecule has 27 heavy (non-hydrogen) atoms. The van der Waals surface area contributed by atoms with Gasteiger partial charge in [0.2, 0.25) is 0 Å². The van der Waals surface area contributed by atoms with E-state index >= 15 is 0 Å². The molecule has 0 spiro atoms. The summed E-state index contributed by atoms with van der Waals surface area (Å²) in [6.07, 6.45) is 15.8. The molecule has 0 bridgehead atoms. The van der Waals surface area contributed by atoms with Crippen LogP contribution in [0.4, 0.5) is 0 Å². The summed E-state index contributed by atoms with van der Waals surface area (Å²) in [7, 11) is 0. The Bertz CT molecular complexity index is 1040. The molecule has 2 aromatic carbocycles. The minimum absolute atomic E-state index is 0.0222. The van der Waals surface area contributed by atoms with Gasteiger partial charge in [-0.15, -0.1) is 0 Å². The van der Waals surface area contributed by atoms with Crippen molar-refractivity contribution < 1.29 is 0 Å². The zero-order valence-electron chi connectivity index (χ0n) is 15.8. The van der Waals surface area contributed by atoms with E-state index in [4.69, 9.17) is 0 Å². The molecule has 0 fully saturated rings. The van der Waals surface area contributed by atoms with Gasteiger partial charge in [0.15, 0.2) is 0 Å². The van der Waals surface area contributed by atoms with Crippen LogP contribution in [0.5, 0.6) is 0 Å². The molecule has 4 rings (SSSR count). The summed E-state index contributed by atoms with van der Waals surface area (Å²) in [5.41, 5.74) is 9.14. The van der Waals surface area contributed by atoms with E-state index in [9.17, 15) is 0 Å². The highest BCUT2D eigenvalue weighted by atomic mass is 127. The topological polar surface area (TPSA) is 0 Å². The number of hydrogen-bond donors (Lipinski definition) is 0. The lowest BCUT2D eigenvalue weighted by atomic mass is 9.81. The van der Waals surface area contributed by atoms with Crippen LogP contribution >= 0.6 is 22.6 Å². The minimum atomic E-state index is 0.0222. The van der Waals surface area contributed by atoms with Crippen LogP contribution in [0.1, 0.15) is 37.0 Å². The average Bonchev–Trinajstić information content (AvgIpc) is 2.87. The first-order chi connectivity index (χ1) is 13.0. The molecule has 0 amide bonds. The van der Waals surface area contributed by atoms with E-state index in [0.29, 0.717) is 0 Å². The highest BCUT2D eigenvalue weighted by molar-refractivity contribution is 14.1. The Morgan fingerprint density at radius 1 is 0.889 bits per heavy atom. The van der Waals surface area contributed by atoms with Gasteiger partial charge in [-0.2, -0.15) is 0 Å². The third kappa shape index (κ3) is 3.41. The van der Waals surface area contributed by atoms with Crippen LogP contribution in [0, 0.1) is 3.57 Å². The van der Waals surface area contributed by atoms with Crippen LogP contribution in [0.2, 0.25) is 0 Å². The van der Waals surface area contributed by atoms with Crippen molar-refractivity contribution in [2.75, 3.05) is 0 Å². The molecular formula is C26H23I. The molecule has 0 saturated heterocycles. The lowest BCUT2D eigenvalue weighted by Gasteiger charge is -2.22. The molecule has 0 nitrogen and oxygen atoms in total. The summed E-state index contributed by atoms with van der Waals surface area (Å²) >= 11 is 2.41. The van der Waals surface area contributed by atoms with Gasteiger partial charge in [-0.05, 0) is 86.2 Å². The van der Waals surface area contributed by atoms with Crippen molar-refractivity contribution in [1.29, 1.82) is 0 Å². The Kier molecular flexibility index (Phi) is 4.81. The third-order valence-electron chi connectivity index (χ3n) is 5.48. The first kappa shape index (κ1) is 18.2. The summed E-state index contributed by atoms with van der Waals surface area (Å²) in [6, 6.07) is 13.7. The molecule has 1 heteroatoms. The molecule has 0 unspecified atom stereocenters. The molecule has 0 atom stereocenters. The Labute approximate surface area is 175 Å². The first-order valence-electron chi connectivity index (χ1n) is 9.32. The second kappa shape index (κ2) is 7.12. The van der Waals surface area contributed by atoms with Crippen molar-refractivity contribution in [2.24, 2.45) is 0 Å². The zero-order valence-corrected chi connectivity index (χ0v) is 18.0. The number of benzene rings is 2. The molecule has 0 aliphatic heterocycles. The number of halogens is 1. The van der Waals surface area contributed by atoms with Gasteiger partial charge < -0.3 is 0 Å². The molecule has 2 aliphatic carbocycles. The van der Waals surface area contributed by atoms with E-state index in [0.717, 1.165) is 12.0 Å². The van der Waals surface area contributed by atoms with Gasteiger partial charge >= 0.3 is 0 Å². The summed E-state index contributed by atoms with van der Waals surface area (Å²) in [5.74, 6) is 0. The highest BCUT2D eigenvalue weighted by Gasteiger charge is 2.35. The number of hydrogen-bond acceptors (Lipinski definition) is 0. The molecule has 0 heterocycles. The van der Waals surface area contributed by atoms with Gasteiger partial charge in [0.05, 0.1) is 0 Å². The van der Waals surface area contributed by atoms with Crippen LogP contribution in [0.25, 0.3) is 16.7 Å². The summed E-state index contributed by atoms with van der Waals surface area (Å²) in [4.78, 5) is 0. The lowest BCUT2D eigenvalue weighted by Crippen LogP contribution is -2.15. The van der Waals surface area contributed by atoms with E-state index < -0.39 is 0 Å². The van der Waals surface area contributed by atoms with Crippen molar-refractivity contribution in [3.05, 3.63) is 111 Å². The van der Waals surface area contributed by atoms with Gasteiger partial charge in [0.1, 0.15) is 0 Å². The predicted molar refractivity (Wildman–Crippen MR) is 126 cm³/mol. The Morgan fingerprint density at radius 3 is 2.44 bits per heavy atom. The van der Waals surface area contributed by atoms with E-state index in [1.165, 1.54) is 37.0 Å². The first-order valence-corrected chi connectivity index (χ1v) is 10.4. The van der Waals surface area contributed by atoms with E-state index in [1.807, 2.05) is 12.2 Å². The maximum absolute atomic E-state index is 4.10. The largest absolute Gasteiger partial charge is 0.0918 e. The minimum Gasteiger partial charge on any atom is -0.0918 e. The molecule has 2 aliphatic rings. The standard InChI is InChI=1S/C26H23I/c1-18-8-6-4-5-7-9-19(11-10-18)20-12-14-22-23-15-13-21(27)17-25(23)26(2,3)24(22)16-20/h4-6,8-17H,1,7H2,2-3H3/b5-4-,8-6-,11-10?,19-9+. The van der Waals surface area contributed by atoms with E-state index in [1.54, 1.807) is 0 Å². The van der Waals surface area contributed by atoms with Crippen LogP contribution in [0.3, 0.4) is 0 Å². The number of rotatable bonds is 1. The normalized spacial score (nSPS) is 21.7. The lowest BCUT2D eigenvalue weighted by molar-refractivity contribution is 0.659. The molecule has 0 N–H and O–H groups in total. The van der Waals surface area contributed by atoms with Crippen molar-refractivity contribution in [2.45, 2.75) is 25.7 Å². The Morgan fingerprint density at radius 2 is 1.63 bits per heavy atom. The van der Waals surface area contributed by atoms with Crippen molar-refractivity contribution in [3.63, 3.8) is 0 Å². The van der Waals surface area contributed by atoms with Gasteiger partial charge in [0.25, 0.3) is 0 Å². The van der Waals surface area contributed by atoms with Crippen molar-refractivity contribution in [1.82, 2.24) is 0 Å². The molecule has 0 saturated carbocycles. The molecule has 0 radical (unpaired) electrons. The highest BCUT2D eigenvalue weighted by Crippen LogP contribution is 2.49. The Hall–Kier alpha value is -2.13. The quantitative estimate of drug-likeness (QED) is 0.383. The fourth-order valence-electron chi connectivity index (χ4n) is 3.96. The monoisotopic (exact) mass is 462 g/mol. The average molecular weight is 462 g/mol. The van der Waals surface area contributed by atoms with Gasteiger partial charge in [0, 0.05) is 8.99 Å². The van der Waals surface area contributed by atoms with Crippen molar-refractivity contribution >= 4 is 28.2 Å². The molecule has 0 aromatic heterocycles. The molecule has 2 aromatic rings. The van der Waals surface area contributed by atoms with Crippen LogP contribution in [-0.2, 0) is 5.41 Å². The number of fused-ring (bicyclic) bond motifs is 3. The predicted octanol–water partition coefficient (Wildman–Crippen LogP) is 7.61.